The average molecular weight is 258 g/mol. The molecule has 0 spiro atoms. The van der Waals surface area contributed by atoms with E-state index in [4.69, 9.17) is 4.74 Å². The van der Waals surface area contributed by atoms with Gasteiger partial charge in [-0.1, -0.05) is 13.3 Å². The van der Waals surface area contributed by atoms with Gasteiger partial charge in [0.1, 0.15) is 5.82 Å². The predicted molar refractivity (Wildman–Crippen MR) is 69.1 cm³/mol. The Labute approximate surface area is 107 Å². The summed E-state index contributed by atoms with van der Waals surface area (Å²) < 4.78 is 31.8. The Morgan fingerprint density at radius 1 is 1.22 bits per heavy atom. The number of nitrogens with one attached hydrogen (secondary N) is 2. The van der Waals surface area contributed by atoms with E-state index in [1.165, 1.54) is 7.11 Å². The summed E-state index contributed by atoms with van der Waals surface area (Å²) in [4.78, 5) is 0. The van der Waals surface area contributed by atoms with E-state index in [2.05, 4.69) is 17.6 Å². The Morgan fingerprint density at radius 2 is 1.94 bits per heavy atom. The fourth-order valence-electron chi connectivity index (χ4n) is 1.72. The summed E-state index contributed by atoms with van der Waals surface area (Å²) >= 11 is 0. The van der Waals surface area contributed by atoms with E-state index in [-0.39, 0.29) is 11.4 Å². The molecule has 0 fully saturated rings. The summed E-state index contributed by atoms with van der Waals surface area (Å²) in [5, 5.41) is 6.00. The van der Waals surface area contributed by atoms with Crippen molar-refractivity contribution in [1.29, 1.82) is 0 Å². The molecule has 0 aliphatic carbocycles. The normalized spacial score (nSPS) is 12.3. The molecule has 0 heterocycles. The second-order valence-corrected chi connectivity index (χ2v) is 4.18. The summed E-state index contributed by atoms with van der Waals surface area (Å²) in [5.41, 5.74) is 0.169. The first-order valence-corrected chi connectivity index (χ1v) is 6.03. The van der Waals surface area contributed by atoms with E-state index >= 15 is 0 Å². The van der Waals surface area contributed by atoms with Crippen molar-refractivity contribution < 1.29 is 13.5 Å². The number of ether oxygens (including phenoxy) is 1. The maximum absolute atomic E-state index is 13.6. The molecule has 0 radical (unpaired) electrons. The zero-order chi connectivity index (χ0) is 13.5. The molecule has 102 valence electrons. The Bertz CT molecular complexity index is 385. The summed E-state index contributed by atoms with van der Waals surface area (Å²) in [6.07, 6.45) is 0.966. The molecular weight excluding hydrogens is 238 g/mol. The smallest absolute Gasteiger partial charge is 0.167 e. The molecule has 1 unspecified atom stereocenters. The van der Waals surface area contributed by atoms with Crippen LogP contribution in [-0.4, -0.2) is 27.2 Å². The predicted octanol–water partition coefficient (Wildman–Crippen LogP) is 2.63. The molecule has 0 amide bonds. The molecule has 1 rings (SSSR count). The lowest BCUT2D eigenvalue weighted by atomic mass is 10.1. The molecule has 18 heavy (non-hydrogen) atoms. The van der Waals surface area contributed by atoms with Crippen LogP contribution in [0.25, 0.3) is 0 Å². The third-order valence-electron chi connectivity index (χ3n) is 2.89. The van der Waals surface area contributed by atoms with Crippen LogP contribution in [0.4, 0.5) is 14.5 Å². The second kappa shape index (κ2) is 7.16. The van der Waals surface area contributed by atoms with E-state index in [9.17, 15) is 8.78 Å². The number of halogens is 2. The van der Waals surface area contributed by atoms with Gasteiger partial charge in [-0.2, -0.15) is 0 Å². The third-order valence-corrected chi connectivity index (χ3v) is 2.89. The Morgan fingerprint density at radius 3 is 2.50 bits per heavy atom. The van der Waals surface area contributed by atoms with Crippen molar-refractivity contribution in [3.05, 3.63) is 23.8 Å². The fraction of sp³-hybridized carbons (Fsp3) is 0.538. The highest BCUT2D eigenvalue weighted by atomic mass is 19.1. The molecule has 1 atom stereocenters. The summed E-state index contributed by atoms with van der Waals surface area (Å²) in [7, 11) is 3.18. The van der Waals surface area contributed by atoms with Gasteiger partial charge in [-0.3, -0.25) is 0 Å². The zero-order valence-electron chi connectivity index (χ0n) is 11.0. The molecule has 0 bridgehead atoms. The lowest BCUT2D eigenvalue weighted by Gasteiger charge is -2.16. The van der Waals surface area contributed by atoms with Gasteiger partial charge in [0.2, 0.25) is 0 Å². The highest BCUT2D eigenvalue weighted by molar-refractivity contribution is 5.48. The summed E-state index contributed by atoms with van der Waals surface area (Å²) in [6, 6.07) is 2.18. The van der Waals surface area contributed by atoms with Crippen LogP contribution >= 0.6 is 0 Å². The number of hydrogen-bond donors (Lipinski definition) is 2. The molecule has 0 saturated carbocycles. The molecule has 3 nitrogen and oxygen atoms in total. The van der Waals surface area contributed by atoms with Crippen LogP contribution < -0.4 is 15.4 Å². The van der Waals surface area contributed by atoms with Crippen LogP contribution in [0.3, 0.4) is 0 Å². The molecule has 0 aromatic heterocycles. The van der Waals surface area contributed by atoms with Gasteiger partial charge >= 0.3 is 0 Å². The van der Waals surface area contributed by atoms with Crippen LogP contribution in [0.1, 0.15) is 13.3 Å². The van der Waals surface area contributed by atoms with Crippen molar-refractivity contribution in [2.75, 3.05) is 32.6 Å². The fourth-order valence-corrected chi connectivity index (χ4v) is 1.72. The first-order valence-electron chi connectivity index (χ1n) is 6.03. The largest absolute Gasteiger partial charge is 0.494 e. The Hall–Kier alpha value is -1.36. The lowest BCUT2D eigenvalue weighted by Crippen LogP contribution is -2.25. The Kier molecular flexibility index (Phi) is 5.85. The lowest BCUT2D eigenvalue weighted by molar-refractivity contribution is 0.383. The van der Waals surface area contributed by atoms with E-state index in [0.29, 0.717) is 12.5 Å². The van der Waals surface area contributed by atoms with Gasteiger partial charge in [0.25, 0.3) is 0 Å². The van der Waals surface area contributed by atoms with Crippen molar-refractivity contribution >= 4 is 5.69 Å². The minimum absolute atomic E-state index is 0.0830. The molecule has 0 aliphatic rings. The van der Waals surface area contributed by atoms with Crippen LogP contribution in [0, 0.1) is 17.6 Å². The second-order valence-electron chi connectivity index (χ2n) is 4.18. The topological polar surface area (TPSA) is 33.3 Å². The Balaban J connectivity index is 2.70. The van der Waals surface area contributed by atoms with Gasteiger partial charge in [-0.15, -0.1) is 0 Å². The number of hydrogen-bond acceptors (Lipinski definition) is 3. The van der Waals surface area contributed by atoms with Gasteiger partial charge in [0.05, 0.1) is 12.8 Å². The van der Waals surface area contributed by atoms with E-state index in [0.717, 1.165) is 25.1 Å². The quantitative estimate of drug-likeness (QED) is 0.788. The highest BCUT2D eigenvalue weighted by Crippen LogP contribution is 2.24. The van der Waals surface area contributed by atoms with E-state index in [1.807, 2.05) is 7.05 Å². The number of anilines is 1. The molecule has 5 heteroatoms. The van der Waals surface area contributed by atoms with Crippen molar-refractivity contribution in [2.45, 2.75) is 13.3 Å². The number of benzene rings is 1. The first-order chi connectivity index (χ1) is 8.62. The zero-order valence-corrected chi connectivity index (χ0v) is 11.0. The number of methoxy groups -OCH3 is 1. The summed E-state index contributed by atoms with van der Waals surface area (Å²) in [5.74, 6) is -0.782. The molecular formula is C13H20F2N2O. The maximum atomic E-state index is 13.6. The monoisotopic (exact) mass is 258 g/mol. The molecule has 2 N–H and O–H groups in total. The van der Waals surface area contributed by atoms with Crippen molar-refractivity contribution in [3.63, 3.8) is 0 Å². The van der Waals surface area contributed by atoms with Gasteiger partial charge in [-0.25, -0.2) is 8.78 Å². The minimum Gasteiger partial charge on any atom is -0.494 e. The van der Waals surface area contributed by atoms with Gasteiger partial charge in [0, 0.05) is 18.7 Å². The third kappa shape index (κ3) is 3.84. The van der Waals surface area contributed by atoms with E-state index < -0.39 is 11.6 Å². The van der Waals surface area contributed by atoms with Crippen LogP contribution in [0.2, 0.25) is 0 Å². The maximum Gasteiger partial charge on any atom is 0.167 e. The standard InChI is InChI=1S/C13H20F2N2O/c1-4-9(7-16-2)8-17-12-5-11(15)13(18-3)6-10(12)14/h5-6,9,16-17H,4,7-8H2,1-3H3. The van der Waals surface area contributed by atoms with Crippen LogP contribution in [-0.2, 0) is 0 Å². The van der Waals surface area contributed by atoms with Gasteiger partial charge in [-0.05, 0) is 19.5 Å². The molecule has 1 aromatic carbocycles. The van der Waals surface area contributed by atoms with Gasteiger partial charge < -0.3 is 15.4 Å². The van der Waals surface area contributed by atoms with Crippen LogP contribution in [0.15, 0.2) is 12.1 Å². The van der Waals surface area contributed by atoms with E-state index in [1.54, 1.807) is 0 Å². The van der Waals surface area contributed by atoms with Crippen molar-refractivity contribution in [3.8, 4) is 5.75 Å². The molecule has 0 aliphatic heterocycles. The molecule has 0 saturated heterocycles. The van der Waals surface area contributed by atoms with Crippen LogP contribution in [0.5, 0.6) is 5.75 Å². The number of rotatable bonds is 7. The molecule has 1 aromatic rings. The minimum atomic E-state index is -0.567. The first kappa shape index (κ1) is 14.7. The van der Waals surface area contributed by atoms with Crippen molar-refractivity contribution in [2.24, 2.45) is 5.92 Å². The average Bonchev–Trinajstić information content (AvgIpc) is 2.37. The van der Waals surface area contributed by atoms with Crippen molar-refractivity contribution in [1.82, 2.24) is 5.32 Å². The summed E-state index contributed by atoms with van der Waals surface area (Å²) in [6.45, 7) is 3.50. The SMILES string of the molecule is CCC(CNC)CNc1cc(F)c(OC)cc1F. The van der Waals surface area contributed by atoms with Gasteiger partial charge in [0.15, 0.2) is 11.6 Å². The highest BCUT2D eigenvalue weighted by Gasteiger charge is 2.11.